The van der Waals surface area contributed by atoms with Gasteiger partial charge in [-0.05, 0) is 30.2 Å². The molecule has 0 saturated heterocycles. The molecule has 146 valence electrons. The van der Waals surface area contributed by atoms with Gasteiger partial charge in [0.1, 0.15) is 11.5 Å². The van der Waals surface area contributed by atoms with E-state index in [2.05, 4.69) is 4.74 Å². The van der Waals surface area contributed by atoms with Gasteiger partial charge in [-0.2, -0.15) is 8.42 Å². The third-order valence-corrected chi connectivity index (χ3v) is 5.07. The maximum atomic E-state index is 12.1. The summed E-state index contributed by atoms with van der Waals surface area (Å²) in [5.41, 5.74) is 1.47. The second-order valence-corrected chi connectivity index (χ2v) is 7.73. The highest BCUT2D eigenvalue weighted by Crippen LogP contribution is 2.16. The number of esters is 1. The van der Waals surface area contributed by atoms with E-state index in [1.807, 2.05) is 12.1 Å². The Morgan fingerprint density at radius 1 is 1.04 bits per heavy atom. The maximum absolute atomic E-state index is 12.1. The molecule has 1 atom stereocenters. The second kappa shape index (κ2) is 10.1. The lowest BCUT2D eigenvalue weighted by atomic mass is 10.1. The Morgan fingerprint density at radius 3 is 2.44 bits per heavy atom. The summed E-state index contributed by atoms with van der Waals surface area (Å²) in [6.45, 7) is 1.99. The Bertz CT molecular complexity index is 833. The van der Waals surface area contributed by atoms with Crippen LogP contribution in [0, 0.1) is 0 Å². The monoisotopic (exact) mass is 392 g/mol. The average Bonchev–Trinajstić information content (AvgIpc) is 2.62. The Morgan fingerprint density at radius 2 is 1.74 bits per heavy atom. The minimum absolute atomic E-state index is 0.158. The van der Waals surface area contributed by atoms with Crippen LogP contribution in [0.3, 0.4) is 0 Å². The molecule has 0 saturated carbocycles. The largest absolute Gasteiger partial charge is 0.493 e. The predicted octanol–water partition coefficient (Wildman–Crippen LogP) is 3.11. The van der Waals surface area contributed by atoms with Crippen LogP contribution in [0.1, 0.15) is 24.5 Å². The van der Waals surface area contributed by atoms with Crippen LogP contribution in [0.4, 0.5) is 0 Å². The van der Waals surface area contributed by atoms with Gasteiger partial charge in [-0.25, -0.2) is 0 Å². The molecule has 2 aromatic rings. The summed E-state index contributed by atoms with van der Waals surface area (Å²) >= 11 is 0. The van der Waals surface area contributed by atoms with Gasteiger partial charge in [0.05, 0.1) is 26.2 Å². The van der Waals surface area contributed by atoms with Crippen LogP contribution in [-0.4, -0.2) is 34.2 Å². The SMILES string of the molecule is COC(=O)Cc1cccc(OCCC(C)OS(=O)(=O)Cc2ccccc2)c1. The van der Waals surface area contributed by atoms with E-state index < -0.39 is 16.2 Å². The van der Waals surface area contributed by atoms with Gasteiger partial charge in [-0.3, -0.25) is 8.98 Å². The lowest BCUT2D eigenvalue weighted by molar-refractivity contribution is -0.139. The molecule has 0 bridgehead atoms. The number of benzene rings is 2. The molecule has 7 heteroatoms. The van der Waals surface area contributed by atoms with Crippen molar-refractivity contribution in [2.45, 2.75) is 31.6 Å². The van der Waals surface area contributed by atoms with Crippen molar-refractivity contribution in [2.24, 2.45) is 0 Å². The summed E-state index contributed by atoms with van der Waals surface area (Å²) in [7, 11) is -2.32. The van der Waals surface area contributed by atoms with Gasteiger partial charge in [-0.15, -0.1) is 0 Å². The molecule has 0 aromatic heterocycles. The molecule has 0 heterocycles. The van der Waals surface area contributed by atoms with Gasteiger partial charge < -0.3 is 9.47 Å². The standard InChI is InChI=1S/C20H24O6S/c1-16(26-27(22,23)15-17-7-4-3-5-8-17)11-12-25-19-10-6-9-18(13-19)14-20(21)24-2/h3-10,13,16H,11-12,14-15H2,1-2H3. The number of carbonyl (C=O) groups excluding carboxylic acids is 1. The molecule has 1 unspecified atom stereocenters. The smallest absolute Gasteiger partial charge is 0.309 e. The molecule has 0 N–H and O–H groups in total. The molecule has 0 fully saturated rings. The molecule has 2 aromatic carbocycles. The number of ether oxygens (including phenoxy) is 2. The molecule has 0 amide bonds. The van der Waals surface area contributed by atoms with E-state index in [0.717, 1.165) is 5.56 Å². The van der Waals surface area contributed by atoms with Crippen LogP contribution in [0.25, 0.3) is 0 Å². The first-order valence-corrected chi connectivity index (χ1v) is 10.2. The minimum Gasteiger partial charge on any atom is -0.493 e. The molecule has 0 spiro atoms. The number of hydrogen-bond donors (Lipinski definition) is 0. The van der Waals surface area contributed by atoms with Crippen LogP contribution in [0.15, 0.2) is 54.6 Å². The third kappa shape index (κ3) is 7.80. The molecular weight excluding hydrogens is 368 g/mol. The minimum atomic E-state index is -3.66. The molecule has 2 rings (SSSR count). The van der Waals surface area contributed by atoms with Gasteiger partial charge in [0, 0.05) is 6.42 Å². The lowest BCUT2D eigenvalue weighted by Crippen LogP contribution is -2.19. The van der Waals surface area contributed by atoms with E-state index in [4.69, 9.17) is 8.92 Å². The van der Waals surface area contributed by atoms with Gasteiger partial charge in [0.2, 0.25) is 0 Å². The number of hydrogen-bond acceptors (Lipinski definition) is 6. The normalized spacial score (nSPS) is 12.4. The summed E-state index contributed by atoms with van der Waals surface area (Å²) in [5.74, 6) is 0.128. The Balaban J connectivity index is 1.79. The van der Waals surface area contributed by atoms with Gasteiger partial charge in [0.25, 0.3) is 10.1 Å². The van der Waals surface area contributed by atoms with Crippen molar-refractivity contribution in [1.82, 2.24) is 0 Å². The van der Waals surface area contributed by atoms with Crippen LogP contribution in [0.5, 0.6) is 5.75 Å². The molecule has 6 nitrogen and oxygen atoms in total. The Hall–Kier alpha value is -2.38. The second-order valence-electron chi connectivity index (χ2n) is 6.13. The highest BCUT2D eigenvalue weighted by atomic mass is 32.2. The van der Waals surface area contributed by atoms with E-state index in [1.54, 1.807) is 49.4 Å². The van der Waals surface area contributed by atoms with Gasteiger partial charge >= 0.3 is 5.97 Å². The van der Waals surface area contributed by atoms with Crippen molar-refractivity contribution in [3.8, 4) is 5.75 Å². The predicted molar refractivity (Wildman–Crippen MR) is 102 cm³/mol. The maximum Gasteiger partial charge on any atom is 0.309 e. The first kappa shape index (κ1) is 20.9. The first-order valence-electron chi connectivity index (χ1n) is 8.61. The Kier molecular flexibility index (Phi) is 7.82. The number of carbonyl (C=O) groups is 1. The quantitative estimate of drug-likeness (QED) is 0.457. The summed E-state index contributed by atoms with van der Waals surface area (Å²) < 4.78 is 39.7. The van der Waals surface area contributed by atoms with E-state index in [9.17, 15) is 13.2 Å². The topological polar surface area (TPSA) is 78.9 Å². The van der Waals surface area contributed by atoms with Crippen molar-refractivity contribution in [3.63, 3.8) is 0 Å². The summed E-state index contributed by atoms with van der Waals surface area (Å²) in [6, 6.07) is 16.0. The highest BCUT2D eigenvalue weighted by Gasteiger charge is 2.17. The van der Waals surface area contributed by atoms with Crippen molar-refractivity contribution in [1.29, 1.82) is 0 Å². The number of methoxy groups -OCH3 is 1. The zero-order chi connectivity index (χ0) is 19.7. The van der Waals surface area contributed by atoms with E-state index in [-0.39, 0.29) is 18.1 Å². The molecule has 0 radical (unpaired) electrons. The lowest BCUT2D eigenvalue weighted by Gasteiger charge is -2.14. The van der Waals surface area contributed by atoms with Crippen molar-refractivity contribution in [3.05, 3.63) is 65.7 Å². The zero-order valence-electron chi connectivity index (χ0n) is 15.5. The van der Waals surface area contributed by atoms with Crippen molar-refractivity contribution < 1.29 is 26.9 Å². The van der Waals surface area contributed by atoms with Crippen molar-refractivity contribution in [2.75, 3.05) is 13.7 Å². The van der Waals surface area contributed by atoms with Gasteiger partial charge in [-0.1, -0.05) is 42.5 Å². The van der Waals surface area contributed by atoms with Crippen LogP contribution >= 0.6 is 0 Å². The van der Waals surface area contributed by atoms with Crippen LogP contribution in [0.2, 0.25) is 0 Å². The van der Waals surface area contributed by atoms with E-state index in [0.29, 0.717) is 24.3 Å². The van der Waals surface area contributed by atoms with E-state index >= 15 is 0 Å². The van der Waals surface area contributed by atoms with E-state index in [1.165, 1.54) is 7.11 Å². The summed E-state index contributed by atoms with van der Waals surface area (Å²) in [4.78, 5) is 11.3. The molecule has 0 aliphatic rings. The molecule has 0 aliphatic heterocycles. The molecule has 27 heavy (non-hydrogen) atoms. The van der Waals surface area contributed by atoms with Gasteiger partial charge in [0.15, 0.2) is 0 Å². The fraction of sp³-hybridized carbons (Fsp3) is 0.350. The highest BCUT2D eigenvalue weighted by molar-refractivity contribution is 7.85. The first-order chi connectivity index (χ1) is 12.9. The average molecular weight is 392 g/mol. The Labute approximate surface area is 160 Å². The van der Waals surface area contributed by atoms with Crippen LogP contribution < -0.4 is 4.74 Å². The molecular formula is C20H24O6S. The summed E-state index contributed by atoms with van der Waals surface area (Å²) in [6.07, 6.45) is 0.0807. The zero-order valence-corrected chi connectivity index (χ0v) is 16.3. The summed E-state index contributed by atoms with van der Waals surface area (Å²) in [5, 5.41) is 0. The fourth-order valence-electron chi connectivity index (χ4n) is 2.44. The fourth-order valence-corrected chi connectivity index (χ4v) is 3.70. The number of rotatable bonds is 10. The third-order valence-electron chi connectivity index (χ3n) is 3.76. The van der Waals surface area contributed by atoms with Crippen LogP contribution in [-0.2, 0) is 36.0 Å². The van der Waals surface area contributed by atoms with Crippen molar-refractivity contribution >= 4 is 16.1 Å². The molecule has 0 aliphatic carbocycles.